The molecule has 0 radical (unpaired) electrons. The lowest BCUT2D eigenvalue weighted by Gasteiger charge is -2.19. The smallest absolute Gasteiger partial charge is 0.127 e. The maximum atomic E-state index is 6.41. The second-order valence-electron chi connectivity index (χ2n) is 4.56. The van der Waals surface area contributed by atoms with Crippen molar-refractivity contribution >= 4 is 15.9 Å². The van der Waals surface area contributed by atoms with Gasteiger partial charge in [0.1, 0.15) is 11.5 Å². The van der Waals surface area contributed by atoms with Crippen LogP contribution in [-0.4, -0.2) is 14.2 Å². The van der Waals surface area contributed by atoms with Crippen LogP contribution in [0, 0.1) is 6.92 Å². The summed E-state index contributed by atoms with van der Waals surface area (Å²) in [5.41, 5.74) is 9.44. The summed E-state index contributed by atoms with van der Waals surface area (Å²) < 4.78 is 11.9. The van der Waals surface area contributed by atoms with Crippen molar-refractivity contribution in [3.05, 3.63) is 57.6 Å². The number of hydrogen-bond acceptors (Lipinski definition) is 3. The van der Waals surface area contributed by atoms with Crippen LogP contribution in [0.15, 0.2) is 40.9 Å². The fourth-order valence-electron chi connectivity index (χ4n) is 2.21. The van der Waals surface area contributed by atoms with Gasteiger partial charge in [0.25, 0.3) is 0 Å². The predicted octanol–water partition coefficient (Wildman–Crippen LogP) is 3.82. The van der Waals surface area contributed by atoms with E-state index >= 15 is 0 Å². The summed E-state index contributed by atoms with van der Waals surface area (Å²) in [4.78, 5) is 0. The van der Waals surface area contributed by atoms with Gasteiger partial charge in [-0.1, -0.05) is 34.1 Å². The Morgan fingerprint density at radius 2 is 1.65 bits per heavy atom. The standard InChI is InChI=1S/C16H18BrNO2/c1-10-9-11(7-8-12(10)17)16(18)15-13(19-2)5-4-6-14(15)20-3/h4-9,16H,18H2,1-3H3. The van der Waals surface area contributed by atoms with Gasteiger partial charge in [-0.2, -0.15) is 0 Å². The van der Waals surface area contributed by atoms with E-state index in [9.17, 15) is 0 Å². The molecule has 0 bridgehead atoms. The van der Waals surface area contributed by atoms with Gasteiger partial charge in [0.2, 0.25) is 0 Å². The van der Waals surface area contributed by atoms with Gasteiger partial charge < -0.3 is 15.2 Å². The van der Waals surface area contributed by atoms with Crippen LogP contribution >= 0.6 is 15.9 Å². The first-order valence-corrected chi connectivity index (χ1v) is 7.10. The lowest BCUT2D eigenvalue weighted by Crippen LogP contribution is -2.14. The predicted molar refractivity (Wildman–Crippen MR) is 84.5 cm³/mol. The van der Waals surface area contributed by atoms with Gasteiger partial charge >= 0.3 is 0 Å². The molecule has 2 aromatic carbocycles. The molecule has 1 atom stereocenters. The minimum absolute atomic E-state index is 0.298. The van der Waals surface area contributed by atoms with Gasteiger partial charge in [-0.15, -0.1) is 0 Å². The molecular formula is C16H18BrNO2. The van der Waals surface area contributed by atoms with Crippen molar-refractivity contribution in [2.75, 3.05) is 14.2 Å². The largest absolute Gasteiger partial charge is 0.496 e. The zero-order chi connectivity index (χ0) is 14.7. The molecule has 0 spiro atoms. The Labute approximate surface area is 127 Å². The SMILES string of the molecule is COc1cccc(OC)c1C(N)c1ccc(Br)c(C)c1. The van der Waals surface area contributed by atoms with Crippen molar-refractivity contribution < 1.29 is 9.47 Å². The zero-order valence-corrected chi connectivity index (χ0v) is 13.4. The van der Waals surface area contributed by atoms with E-state index < -0.39 is 0 Å². The Bertz CT molecular complexity index is 591. The van der Waals surface area contributed by atoms with Crippen molar-refractivity contribution in [3.63, 3.8) is 0 Å². The van der Waals surface area contributed by atoms with Crippen LogP contribution in [0.2, 0.25) is 0 Å². The molecule has 106 valence electrons. The van der Waals surface area contributed by atoms with Crippen LogP contribution in [0.1, 0.15) is 22.7 Å². The molecule has 4 heteroatoms. The number of rotatable bonds is 4. The van der Waals surface area contributed by atoms with Crippen LogP contribution < -0.4 is 15.2 Å². The number of aryl methyl sites for hydroxylation is 1. The first-order chi connectivity index (χ1) is 9.58. The second-order valence-corrected chi connectivity index (χ2v) is 5.42. The monoisotopic (exact) mass is 335 g/mol. The Morgan fingerprint density at radius 1 is 1.05 bits per heavy atom. The van der Waals surface area contributed by atoms with Crippen LogP contribution in [0.3, 0.4) is 0 Å². The number of hydrogen-bond donors (Lipinski definition) is 1. The first-order valence-electron chi connectivity index (χ1n) is 6.31. The summed E-state index contributed by atoms with van der Waals surface area (Å²) in [5, 5.41) is 0. The Balaban J connectivity index is 2.51. The maximum Gasteiger partial charge on any atom is 0.127 e. The highest BCUT2D eigenvalue weighted by molar-refractivity contribution is 9.10. The zero-order valence-electron chi connectivity index (χ0n) is 11.8. The molecule has 2 N–H and O–H groups in total. The van der Waals surface area contributed by atoms with Gasteiger partial charge in [-0.05, 0) is 36.2 Å². The average Bonchev–Trinajstić information content (AvgIpc) is 2.48. The summed E-state index contributed by atoms with van der Waals surface area (Å²) in [6.07, 6.45) is 0. The molecule has 0 aliphatic carbocycles. The molecule has 0 heterocycles. The molecule has 0 aliphatic rings. The molecule has 20 heavy (non-hydrogen) atoms. The van der Waals surface area contributed by atoms with Crippen molar-refractivity contribution in [1.29, 1.82) is 0 Å². The quantitative estimate of drug-likeness (QED) is 0.923. The minimum atomic E-state index is -0.298. The summed E-state index contributed by atoms with van der Waals surface area (Å²) >= 11 is 3.50. The third-order valence-corrected chi connectivity index (χ3v) is 4.21. The molecule has 0 fully saturated rings. The molecule has 0 aromatic heterocycles. The van der Waals surface area contributed by atoms with E-state index in [1.165, 1.54) is 0 Å². The molecule has 2 rings (SSSR count). The van der Waals surface area contributed by atoms with E-state index in [-0.39, 0.29) is 6.04 Å². The van der Waals surface area contributed by atoms with Gasteiger partial charge in [0.05, 0.1) is 25.8 Å². The van der Waals surface area contributed by atoms with Crippen LogP contribution in [0.5, 0.6) is 11.5 Å². The topological polar surface area (TPSA) is 44.5 Å². The van der Waals surface area contributed by atoms with Crippen LogP contribution in [0.25, 0.3) is 0 Å². The molecule has 0 aliphatic heterocycles. The van der Waals surface area contributed by atoms with Crippen molar-refractivity contribution in [2.24, 2.45) is 5.73 Å². The van der Waals surface area contributed by atoms with E-state index in [1.807, 2.05) is 37.3 Å². The summed E-state index contributed by atoms with van der Waals surface area (Å²) in [6, 6.07) is 11.5. The normalized spacial score (nSPS) is 12.1. The van der Waals surface area contributed by atoms with Crippen LogP contribution in [0.4, 0.5) is 0 Å². The third-order valence-electron chi connectivity index (χ3n) is 3.32. The molecule has 1 unspecified atom stereocenters. The van der Waals surface area contributed by atoms with Gasteiger partial charge in [0, 0.05) is 4.47 Å². The lowest BCUT2D eigenvalue weighted by molar-refractivity contribution is 0.382. The molecule has 3 nitrogen and oxygen atoms in total. The van der Waals surface area contributed by atoms with Gasteiger partial charge in [-0.25, -0.2) is 0 Å². The van der Waals surface area contributed by atoms with Crippen LogP contribution in [-0.2, 0) is 0 Å². The summed E-state index contributed by atoms with van der Waals surface area (Å²) in [5.74, 6) is 1.47. The maximum absolute atomic E-state index is 6.41. The van der Waals surface area contributed by atoms with Crippen molar-refractivity contribution in [2.45, 2.75) is 13.0 Å². The second kappa shape index (κ2) is 6.29. The fourth-order valence-corrected chi connectivity index (χ4v) is 2.46. The number of benzene rings is 2. The molecule has 0 amide bonds. The molecule has 0 saturated heterocycles. The highest BCUT2D eigenvalue weighted by atomic mass is 79.9. The summed E-state index contributed by atoms with van der Waals surface area (Å²) in [6.45, 7) is 2.04. The van der Waals surface area contributed by atoms with Gasteiger partial charge in [-0.3, -0.25) is 0 Å². The molecule has 0 saturated carbocycles. The third kappa shape index (κ3) is 2.81. The number of ether oxygens (including phenoxy) is 2. The van der Waals surface area contributed by atoms with Crippen molar-refractivity contribution in [1.82, 2.24) is 0 Å². The Morgan fingerprint density at radius 3 is 2.15 bits per heavy atom. The number of nitrogens with two attached hydrogens (primary N) is 1. The average molecular weight is 336 g/mol. The van der Waals surface area contributed by atoms with E-state index in [0.29, 0.717) is 0 Å². The minimum Gasteiger partial charge on any atom is -0.496 e. The fraction of sp³-hybridized carbons (Fsp3) is 0.250. The number of halogens is 1. The van der Waals surface area contributed by atoms with E-state index in [0.717, 1.165) is 32.7 Å². The summed E-state index contributed by atoms with van der Waals surface area (Å²) in [7, 11) is 3.27. The Kier molecular flexibility index (Phi) is 4.68. The van der Waals surface area contributed by atoms with E-state index in [1.54, 1.807) is 14.2 Å². The number of methoxy groups -OCH3 is 2. The van der Waals surface area contributed by atoms with E-state index in [2.05, 4.69) is 22.0 Å². The van der Waals surface area contributed by atoms with Crippen molar-refractivity contribution in [3.8, 4) is 11.5 Å². The first kappa shape index (κ1) is 14.9. The highest BCUT2D eigenvalue weighted by Gasteiger charge is 2.19. The lowest BCUT2D eigenvalue weighted by atomic mass is 9.96. The molecular weight excluding hydrogens is 318 g/mol. The Hall–Kier alpha value is -1.52. The molecule has 2 aromatic rings. The van der Waals surface area contributed by atoms with Gasteiger partial charge in [0.15, 0.2) is 0 Å². The highest BCUT2D eigenvalue weighted by Crippen LogP contribution is 2.36. The van der Waals surface area contributed by atoms with E-state index in [4.69, 9.17) is 15.2 Å².